The molecule has 0 fully saturated rings. The van der Waals surface area contributed by atoms with Gasteiger partial charge in [-0.1, -0.05) is 0 Å². The van der Waals surface area contributed by atoms with E-state index in [-0.39, 0.29) is 12.2 Å². The van der Waals surface area contributed by atoms with Crippen LogP contribution in [0.5, 0.6) is 0 Å². The summed E-state index contributed by atoms with van der Waals surface area (Å²) in [4.78, 5) is 10.8. The molecule has 0 radical (unpaired) electrons. The highest BCUT2D eigenvalue weighted by molar-refractivity contribution is 5.89. The second-order valence-corrected chi connectivity index (χ2v) is 4.00. The topological polar surface area (TPSA) is 62.5 Å². The minimum Gasteiger partial charge on any atom is -0.478 e. The molecule has 0 aliphatic rings. The van der Waals surface area contributed by atoms with E-state index in [1.807, 2.05) is 6.92 Å². The Hall–Kier alpha value is -2.37. The van der Waals surface area contributed by atoms with Gasteiger partial charge < -0.3 is 14.8 Å². The van der Waals surface area contributed by atoms with Gasteiger partial charge >= 0.3 is 5.97 Å². The molecule has 1 aromatic carbocycles. The van der Waals surface area contributed by atoms with Crippen LogP contribution in [0.1, 0.15) is 21.7 Å². The molecule has 2 aromatic rings. The number of carbonyl (C=O) groups is 1. The van der Waals surface area contributed by atoms with Gasteiger partial charge in [-0.3, -0.25) is 0 Å². The lowest BCUT2D eigenvalue weighted by molar-refractivity contribution is 0.0692. The van der Waals surface area contributed by atoms with Gasteiger partial charge in [0.05, 0.1) is 24.1 Å². The van der Waals surface area contributed by atoms with Crippen molar-refractivity contribution in [3.63, 3.8) is 0 Å². The van der Waals surface area contributed by atoms with Crippen LogP contribution in [0.25, 0.3) is 0 Å². The van der Waals surface area contributed by atoms with Crippen molar-refractivity contribution in [3.8, 4) is 0 Å². The lowest BCUT2D eigenvalue weighted by Crippen LogP contribution is -2.06. The maximum atomic E-state index is 13.5. The molecule has 0 aliphatic heterocycles. The van der Waals surface area contributed by atoms with Crippen molar-refractivity contribution in [2.24, 2.45) is 0 Å². The summed E-state index contributed by atoms with van der Waals surface area (Å²) in [5.41, 5.74) is 0.211. The monoisotopic (exact) mass is 267 g/mol. The molecule has 4 nitrogen and oxygen atoms in total. The summed E-state index contributed by atoms with van der Waals surface area (Å²) >= 11 is 0. The van der Waals surface area contributed by atoms with Crippen LogP contribution < -0.4 is 5.32 Å². The van der Waals surface area contributed by atoms with E-state index >= 15 is 0 Å². The van der Waals surface area contributed by atoms with E-state index in [1.165, 1.54) is 6.26 Å². The van der Waals surface area contributed by atoms with Gasteiger partial charge in [0, 0.05) is 6.07 Å². The maximum Gasteiger partial charge on any atom is 0.338 e. The van der Waals surface area contributed by atoms with Crippen LogP contribution in [0.4, 0.5) is 14.5 Å². The predicted molar refractivity (Wildman–Crippen MR) is 64.1 cm³/mol. The average molecular weight is 267 g/mol. The first kappa shape index (κ1) is 13.1. The number of halogens is 2. The van der Waals surface area contributed by atoms with Crippen molar-refractivity contribution in [3.05, 3.63) is 53.0 Å². The number of aryl methyl sites for hydroxylation is 1. The zero-order valence-electron chi connectivity index (χ0n) is 10.0. The average Bonchev–Trinajstić information content (AvgIpc) is 2.73. The third kappa shape index (κ3) is 2.73. The molecule has 0 saturated carbocycles. The second-order valence-electron chi connectivity index (χ2n) is 4.00. The fraction of sp³-hybridized carbons (Fsp3) is 0.154. The Morgan fingerprint density at radius 3 is 2.68 bits per heavy atom. The van der Waals surface area contributed by atoms with Gasteiger partial charge in [-0.25, -0.2) is 13.6 Å². The zero-order chi connectivity index (χ0) is 14.0. The van der Waals surface area contributed by atoms with Crippen molar-refractivity contribution in [1.29, 1.82) is 0 Å². The van der Waals surface area contributed by atoms with Gasteiger partial charge in [-0.15, -0.1) is 0 Å². The minimum absolute atomic E-state index is 0.0883. The maximum absolute atomic E-state index is 13.5. The smallest absolute Gasteiger partial charge is 0.338 e. The van der Waals surface area contributed by atoms with Gasteiger partial charge in [-0.2, -0.15) is 0 Å². The summed E-state index contributed by atoms with van der Waals surface area (Å²) in [6.45, 7) is 2.00. The molecule has 0 amide bonds. The van der Waals surface area contributed by atoms with E-state index in [0.717, 1.165) is 11.6 Å². The summed E-state index contributed by atoms with van der Waals surface area (Å²) in [7, 11) is 0. The molecular weight excluding hydrogens is 256 g/mol. The number of carboxylic acid groups (broad SMARTS) is 1. The fourth-order valence-electron chi connectivity index (χ4n) is 1.61. The van der Waals surface area contributed by atoms with E-state index < -0.39 is 23.2 Å². The molecule has 0 unspecified atom stereocenters. The van der Waals surface area contributed by atoms with Gasteiger partial charge in [0.2, 0.25) is 0 Å². The highest BCUT2D eigenvalue weighted by atomic mass is 19.1. The Morgan fingerprint density at radius 1 is 1.37 bits per heavy atom. The molecule has 1 aromatic heterocycles. The lowest BCUT2D eigenvalue weighted by Gasteiger charge is -2.08. The number of anilines is 1. The van der Waals surface area contributed by atoms with Crippen LogP contribution in [0.15, 0.2) is 28.9 Å². The standard InChI is InChI=1S/C13H11F2NO3/c1-7-2-3-19-12(7)6-16-11-4-8(13(17)18)9(14)5-10(11)15/h2-5,16H,6H2,1H3,(H,17,18). The number of rotatable bonds is 4. The molecule has 6 heteroatoms. The minimum atomic E-state index is -1.45. The van der Waals surface area contributed by atoms with Crippen LogP contribution in [0.3, 0.4) is 0 Å². The van der Waals surface area contributed by atoms with Gasteiger partial charge in [-0.05, 0) is 24.6 Å². The Balaban J connectivity index is 2.23. The molecule has 2 N–H and O–H groups in total. The Morgan fingerprint density at radius 2 is 2.11 bits per heavy atom. The summed E-state index contributed by atoms with van der Waals surface area (Å²) in [6, 6.07) is 3.22. The van der Waals surface area contributed by atoms with Gasteiger partial charge in [0.25, 0.3) is 0 Å². The molecule has 0 atom stereocenters. The molecule has 0 aliphatic carbocycles. The molecule has 2 rings (SSSR count). The number of nitrogens with one attached hydrogen (secondary N) is 1. The first-order valence-electron chi connectivity index (χ1n) is 5.48. The van der Waals surface area contributed by atoms with Gasteiger partial charge in [0.1, 0.15) is 17.4 Å². The molecule has 0 spiro atoms. The number of carboxylic acids is 1. The summed E-state index contributed by atoms with van der Waals surface area (Å²) in [5.74, 6) is -2.81. The quantitative estimate of drug-likeness (QED) is 0.893. The SMILES string of the molecule is Cc1ccoc1CNc1cc(C(=O)O)c(F)cc1F. The third-order valence-corrected chi connectivity index (χ3v) is 2.69. The highest BCUT2D eigenvalue weighted by Crippen LogP contribution is 2.21. The largest absolute Gasteiger partial charge is 0.478 e. The Labute approximate surface area is 107 Å². The highest BCUT2D eigenvalue weighted by Gasteiger charge is 2.15. The molecule has 100 valence electrons. The first-order chi connectivity index (χ1) is 8.99. The van der Waals surface area contributed by atoms with Crippen LogP contribution in [-0.4, -0.2) is 11.1 Å². The van der Waals surface area contributed by atoms with Crippen LogP contribution >= 0.6 is 0 Å². The molecular formula is C13H11F2NO3. The summed E-state index contributed by atoms with van der Waals surface area (Å²) < 4.78 is 31.8. The van der Waals surface area contributed by atoms with E-state index in [4.69, 9.17) is 9.52 Å². The predicted octanol–water partition coefficient (Wildman–Crippen LogP) is 3.18. The fourth-order valence-corrected chi connectivity index (χ4v) is 1.61. The van der Waals surface area contributed by atoms with Crippen molar-refractivity contribution in [2.45, 2.75) is 13.5 Å². The second kappa shape index (κ2) is 5.09. The van der Waals surface area contributed by atoms with E-state index in [9.17, 15) is 13.6 Å². The van der Waals surface area contributed by atoms with Crippen molar-refractivity contribution >= 4 is 11.7 Å². The summed E-state index contributed by atoms with van der Waals surface area (Å²) in [6.07, 6.45) is 1.50. The van der Waals surface area contributed by atoms with Crippen LogP contribution in [0.2, 0.25) is 0 Å². The van der Waals surface area contributed by atoms with Crippen LogP contribution in [-0.2, 0) is 6.54 Å². The number of aromatic carboxylic acids is 1. The van der Waals surface area contributed by atoms with E-state index in [2.05, 4.69) is 5.32 Å². The van der Waals surface area contributed by atoms with Gasteiger partial charge in [0.15, 0.2) is 0 Å². The first-order valence-corrected chi connectivity index (χ1v) is 5.48. The molecule has 1 heterocycles. The summed E-state index contributed by atoms with van der Waals surface area (Å²) in [5, 5.41) is 11.4. The number of furan rings is 1. The Kier molecular flexibility index (Phi) is 3.50. The molecule has 0 saturated heterocycles. The Bertz CT molecular complexity index is 622. The third-order valence-electron chi connectivity index (χ3n) is 2.69. The number of benzene rings is 1. The normalized spacial score (nSPS) is 10.5. The number of hydrogen-bond acceptors (Lipinski definition) is 3. The van der Waals surface area contributed by atoms with E-state index in [1.54, 1.807) is 6.07 Å². The lowest BCUT2D eigenvalue weighted by atomic mass is 10.1. The molecule has 0 bridgehead atoms. The van der Waals surface area contributed by atoms with Crippen molar-refractivity contribution in [1.82, 2.24) is 0 Å². The number of hydrogen-bond donors (Lipinski definition) is 2. The zero-order valence-corrected chi connectivity index (χ0v) is 10.0. The van der Waals surface area contributed by atoms with Crippen molar-refractivity contribution < 1.29 is 23.1 Å². The van der Waals surface area contributed by atoms with Crippen molar-refractivity contribution in [2.75, 3.05) is 5.32 Å². The molecule has 19 heavy (non-hydrogen) atoms. The van der Waals surface area contributed by atoms with E-state index in [0.29, 0.717) is 11.8 Å². The van der Waals surface area contributed by atoms with Crippen LogP contribution in [0, 0.1) is 18.6 Å².